The van der Waals surface area contributed by atoms with Crippen molar-refractivity contribution in [3.8, 4) is 17.6 Å². The first-order valence-electron chi connectivity index (χ1n) is 10.0. The van der Waals surface area contributed by atoms with E-state index in [0.29, 0.717) is 28.8 Å². The van der Waals surface area contributed by atoms with Gasteiger partial charge in [0.15, 0.2) is 5.75 Å². The Morgan fingerprint density at radius 3 is 2.44 bits per heavy atom. The molecule has 0 atom stereocenters. The Kier molecular flexibility index (Phi) is 8.33. The molecule has 7 heteroatoms. The van der Waals surface area contributed by atoms with Crippen LogP contribution in [-0.4, -0.2) is 12.5 Å². The number of ether oxygens (including phenoxy) is 2. The Morgan fingerprint density at radius 1 is 1.03 bits per heavy atom. The summed E-state index contributed by atoms with van der Waals surface area (Å²) in [6.45, 7) is 4.92. The molecule has 3 rings (SSSR count). The Hall–Kier alpha value is -2.36. The summed E-state index contributed by atoms with van der Waals surface area (Å²) in [4.78, 5) is 0.998. The maximum Gasteiger partial charge on any atom is 0.155 e. The molecule has 32 heavy (non-hydrogen) atoms. The minimum atomic E-state index is -0.383. The topological polar surface area (TPSA) is 68.3 Å². The van der Waals surface area contributed by atoms with E-state index in [1.807, 2.05) is 60.7 Å². The molecule has 0 unspecified atom stereocenters. The summed E-state index contributed by atoms with van der Waals surface area (Å²) in [7, 11) is 0. The van der Waals surface area contributed by atoms with Gasteiger partial charge in [0.1, 0.15) is 25.0 Å². The van der Waals surface area contributed by atoms with Gasteiger partial charge in [-0.15, -0.1) is 11.6 Å². The van der Waals surface area contributed by atoms with Gasteiger partial charge in [-0.05, 0) is 65.0 Å². The Morgan fingerprint density at radius 2 is 1.78 bits per heavy atom. The third-order valence-corrected chi connectivity index (χ3v) is 6.19. The normalized spacial score (nSPS) is 11.1. The second kappa shape index (κ2) is 11.0. The zero-order valence-corrected chi connectivity index (χ0v) is 20.2. The average Bonchev–Trinajstić information content (AvgIpc) is 2.81. The highest BCUT2D eigenvalue weighted by molar-refractivity contribution is 7.97. The van der Waals surface area contributed by atoms with Gasteiger partial charge in [0.2, 0.25) is 0 Å². The van der Waals surface area contributed by atoms with Gasteiger partial charge >= 0.3 is 0 Å². The van der Waals surface area contributed by atoms with Crippen LogP contribution in [0.15, 0.2) is 65.6 Å². The van der Waals surface area contributed by atoms with Gasteiger partial charge in [0.25, 0.3) is 0 Å². The number of nitrogens with two attached hydrogens (primary N) is 1. The molecule has 0 bridgehead atoms. The Bertz CT molecular complexity index is 1110. The number of benzene rings is 3. The lowest BCUT2D eigenvalue weighted by atomic mass is 9.77. The van der Waals surface area contributed by atoms with Crippen LogP contribution in [0.4, 0.5) is 0 Å². The number of hydrogen-bond acceptors (Lipinski definition) is 5. The van der Waals surface area contributed by atoms with Crippen LogP contribution in [-0.2, 0) is 12.0 Å². The van der Waals surface area contributed by atoms with Crippen LogP contribution in [0.25, 0.3) is 0 Å². The van der Waals surface area contributed by atoms with Crippen molar-refractivity contribution in [2.75, 3.05) is 12.5 Å². The molecule has 0 saturated carbocycles. The fourth-order valence-corrected chi connectivity index (χ4v) is 4.06. The van der Waals surface area contributed by atoms with Gasteiger partial charge < -0.3 is 9.47 Å². The van der Waals surface area contributed by atoms with Gasteiger partial charge in [-0.2, -0.15) is 5.26 Å². The molecule has 4 nitrogen and oxygen atoms in total. The molecule has 0 aliphatic heterocycles. The van der Waals surface area contributed by atoms with Gasteiger partial charge in [-0.1, -0.05) is 49.7 Å². The lowest BCUT2D eigenvalue weighted by Gasteiger charge is -2.27. The standard InChI is InChI=1S/C25H24Cl2N2O2S/c1-25(2,20-13-18(15-28)24(23(27)14-20)30-11-10-26)19-6-8-21(9-7-19)31-16-17-4-3-5-22(12-17)32-29/h3-9,12-14H,10-11,16,29H2,1-2H3. The van der Waals surface area contributed by atoms with E-state index in [1.165, 1.54) is 11.9 Å². The van der Waals surface area contributed by atoms with E-state index in [9.17, 15) is 5.26 Å². The molecule has 0 saturated heterocycles. The molecule has 3 aromatic rings. The second-order valence-corrected chi connectivity index (χ2v) is 9.18. The quantitative estimate of drug-likeness (QED) is 0.269. The molecule has 0 radical (unpaired) electrons. The fourth-order valence-electron chi connectivity index (χ4n) is 3.33. The van der Waals surface area contributed by atoms with Crippen molar-refractivity contribution < 1.29 is 9.47 Å². The third-order valence-electron chi connectivity index (χ3n) is 5.23. The monoisotopic (exact) mass is 486 g/mol. The molecule has 3 aromatic carbocycles. The molecule has 0 aliphatic carbocycles. The highest BCUT2D eigenvalue weighted by Gasteiger charge is 2.26. The van der Waals surface area contributed by atoms with Crippen LogP contribution in [0.5, 0.6) is 11.5 Å². The van der Waals surface area contributed by atoms with Crippen molar-refractivity contribution in [3.63, 3.8) is 0 Å². The molecular formula is C25H24Cl2N2O2S. The SMILES string of the molecule is CC(C)(c1ccc(OCc2cccc(SN)c2)cc1)c1cc(Cl)c(OCCCl)c(C#N)c1. The van der Waals surface area contributed by atoms with E-state index in [2.05, 4.69) is 19.9 Å². The largest absolute Gasteiger partial charge is 0.489 e. The van der Waals surface area contributed by atoms with Crippen molar-refractivity contribution in [2.24, 2.45) is 5.14 Å². The van der Waals surface area contributed by atoms with E-state index in [-0.39, 0.29) is 12.0 Å². The molecule has 0 spiro atoms. The third kappa shape index (κ3) is 5.70. The molecule has 0 amide bonds. The Balaban J connectivity index is 1.78. The van der Waals surface area contributed by atoms with Crippen molar-refractivity contribution >= 4 is 35.1 Å². The molecule has 166 valence electrons. The van der Waals surface area contributed by atoms with Crippen LogP contribution < -0.4 is 14.6 Å². The molecular weight excluding hydrogens is 463 g/mol. The highest BCUT2D eigenvalue weighted by atomic mass is 35.5. The lowest BCUT2D eigenvalue weighted by Crippen LogP contribution is -2.19. The first-order chi connectivity index (χ1) is 15.4. The minimum Gasteiger partial charge on any atom is -0.489 e. The van der Waals surface area contributed by atoms with E-state index in [1.54, 1.807) is 0 Å². The van der Waals surface area contributed by atoms with E-state index in [4.69, 9.17) is 37.8 Å². The number of nitrogens with zero attached hydrogens (tertiary/aromatic N) is 1. The van der Waals surface area contributed by atoms with Gasteiger partial charge in [0.05, 0.1) is 16.5 Å². The van der Waals surface area contributed by atoms with Gasteiger partial charge in [-0.25, -0.2) is 0 Å². The minimum absolute atomic E-state index is 0.287. The number of halogens is 2. The van der Waals surface area contributed by atoms with E-state index >= 15 is 0 Å². The van der Waals surface area contributed by atoms with Crippen LogP contribution in [0.3, 0.4) is 0 Å². The smallest absolute Gasteiger partial charge is 0.155 e. The summed E-state index contributed by atoms with van der Waals surface area (Å²) in [5.74, 6) is 1.46. The highest BCUT2D eigenvalue weighted by Crippen LogP contribution is 2.38. The summed E-state index contributed by atoms with van der Waals surface area (Å²) >= 11 is 13.4. The maximum absolute atomic E-state index is 9.58. The Labute approximate surface area is 203 Å². The van der Waals surface area contributed by atoms with Crippen LogP contribution in [0.1, 0.15) is 36.1 Å². The fraction of sp³-hybridized carbons (Fsp3) is 0.240. The lowest BCUT2D eigenvalue weighted by molar-refractivity contribution is 0.306. The van der Waals surface area contributed by atoms with E-state index < -0.39 is 0 Å². The first-order valence-corrected chi connectivity index (χ1v) is 11.8. The van der Waals surface area contributed by atoms with Gasteiger partial charge in [0, 0.05) is 10.3 Å². The summed E-state index contributed by atoms with van der Waals surface area (Å²) < 4.78 is 11.5. The average molecular weight is 487 g/mol. The predicted molar refractivity (Wildman–Crippen MR) is 132 cm³/mol. The van der Waals surface area contributed by atoms with E-state index in [0.717, 1.165) is 27.3 Å². The zero-order valence-electron chi connectivity index (χ0n) is 17.9. The number of rotatable bonds is 9. The van der Waals surface area contributed by atoms with Gasteiger partial charge in [-0.3, -0.25) is 5.14 Å². The molecule has 0 fully saturated rings. The maximum atomic E-state index is 9.58. The molecule has 2 N–H and O–H groups in total. The number of alkyl halides is 1. The van der Waals surface area contributed by atoms with Crippen LogP contribution in [0.2, 0.25) is 5.02 Å². The number of hydrogen-bond donors (Lipinski definition) is 1. The summed E-state index contributed by atoms with van der Waals surface area (Å²) in [5, 5.41) is 15.6. The molecule has 0 aromatic heterocycles. The van der Waals surface area contributed by atoms with Crippen molar-refractivity contribution in [1.29, 1.82) is 5.26 Å². The number of nitriles is 1. The van der Waals surface area contributed by atoms with Crippen molar-refractivity contribution in [2.45, 2.75) is 30.8 Å². The summed E-state index contributed by atoms with van der Waals surface area (Å²) in [5.41, 5.74) is 3.05. The second-order valence-electron chi connectivity index (χ2n) is 7.69. The zero-order chi connectivity index (χ0) is 23.1. The van der Waals surface area contributed by atoms with Crippen LogP contribution in [0, 0.1) is 11.3 Å². The molecule has 0 aliphatic rings. The summed E-state index contributed by atoms with van der Waals surface area (Å²) in [6.07, 6.45) is 0. The molecule has 0 heterocycles. The first kappa shape index (κ1) is 24.3. The predicted octanol–water partition coefficient (Wildman–Crippen LogP) is 6.70. The van der Waals surface area contributed by atoms with Crippen LogP contribution >= 0.6 is 35.1 Å². The van der Waals surface area contributed by atoms with Crippen molar-refractivity contribution in [1.82, 2.24) is 0 Å². The van der Waals surface area contributed by atoms with Crippen molar-refractivity contribution in [3.05, 3.63) is 87.9 Å². The summed E-state index contributed by atoms with van der Waals surface area (Å²) in [6, 6.07) is 21.7.